The minimum atomic E-state index is -3.62. The van der Waals surface area contributed by atoms with Gasteiger partial charge in [0.25, 0.3) is 10.0 Å². The number of amides is 1. The Hall–Kier alpha value is -1.70. The predicted octanol–water partition coefficient (Wildman–Crippen LogP) is 1.83. The van der Waals surface area contributed by atoms with Gasteiger partial charge in [-0.15, -0.1) is 11.3 Å². The average molecular weight is 322 g/mol. The van der Waals surface area contributed by atoms with E-state index in [1.165, 1.54) is 6.07 Å². The lowest BCUT2D eigenvalue weighted by Gasteiger charge is -2.17. The normalized spacial score (nSPS) is 19.1. The maximum Gasteiger partial charge on any atom is 0.250 e. The van der Waals surface area contributed by atoms with E-state index in [0.717, 1.165) is 17.0 Å². The Bertz CT molecular complexity index is 727. The molecule has 0 bridgehead atoms. The fourth-order valence-electron chi connectivity index (χ4n) is 2.32. The maximum atomic E-state index is 12.4. The third kappa shape index (κ3) is 2.85. The number of hydrogen-bond donors (Lipinski definition) is 1. The molecule has 1 N–H and O–H groups in total. The van der Waals surface area contributed by atoms with Crippen molar-refractivity contribution >= 4 is 33.0 Å². The van der Waals surface area contributed by atoms with Crippen molar-refractivity contribution in [2.75, 3.05) is 11.4 Å². The molecule has 2 aromatic rings. The van der Waals surface area contributed by atoms with Crippen LogP contribution in [0.5, 0.6) is 0 Å². The Labute approximate surface area is 127 Å². The van der Waals surface area contributed by atoms with Crippen LogP contribution in [0.2, 0.25) is 0 Å². The highest BCUT2D eigenvalue weighted by Gasteiger charge is 2.35. The summed E-state index contributed by atoms with van der Waals surface area (Å²) in [6.45, 7) is 0.514. The fourth-order valence-corrected chi connectivity index (χ4v) is 4.55. The molecule has 1 fully saturated rings. The van der Waals surface area contributed by atoms with Gasteiger partial charge in [0.05, 0.1) is 0 Å². The van der Waals surface area contributed by atoms with Crippen LogP contribution in [0.25, 0.3) is 0 Å². The molecule has 0 spiro atoms. The van der Waals surface area contributed by atoms with E-state index in [1.54, 1.807) is 16.3 Å². The molecule has 110 valence electrons. The Morgan fingerprint density at radius 1 is 1.14 bits per heavy atom. The zero-order valence-corrected chi connectivity index (χ0v) is 12.7. The number of nitrogens with zero attached hydrogens (tertiary/aromatic N) is 1. The molecule has 1 aliphatic rings. The van der Waals surface area contributed by atoms with Crippen molar-refractivity contribution in [3.05, 3.63) is 47.8 Å². The van der Waals surface area contributed by atoms with Gasteiger partial charge in [-0.2, -0.15) is 4.72 Å². The molecule has 21 heavy (non-hydrogen) atoms. The van der Waals surface area contributed by atoms with E-state index in [-0.39, 0.29) is 10.1 Å². The highest BCUT2D eigenvalue weighted by Crippen LogP contribution is 2.23. The molecule has 0 aliphatic carbocycles. The Kier molecular flexibility index (Phi) is 3.79. The molecule has 3 rings (SSSR count). The smallest absolute Gasteiger partial charge is 0.250 e. The van der Waals surface area contributed by atoms with Gasteiger partial charge in [-0.3, -0.25) is 4.79 Å². The van der Waals surface area contributed by atoms with E-state index in [9.17, 15) is 13.2 Å². The molecule has 0 saturated carbocycles. The molecule has 7 heteroatoms. The first-order valence-electron chi connectivity index (χ1n) is 6.50. The maximum absolute atomic E-state index is 12.4. The minimum absolute atomic E-state index is 0.207. The lowest BCUT2D eigenvalue weighted by atomic mass is 10.3. The van der Waals surface area contributed by atoms with Crippen LogP contribution in [-0.2, 0) is 14.8 Å². The second kappa shape index (κ2) is 5.59. The molecule has 2 heterocycles. The average Bonchev–Trinajstić information content (AvgIpc) is 3.11. The minimum Gasteiger partial charge on any atom is -0.311 e. The number of hydrogen-bond acceptors (Lipinski definition) is 4. The number of sulfonamides is 1. The summed E-state index contributed by atoms with van der Waals surface area (Å²) in [7, 11) is -3.62. The standard InChI is InChI=1S/C14H14N2O3S2/c17-14-12(15-21(18,19)13-7-4-10-20-13)8-9-16(14)11-5-2-1-3-6-11/h1-7,10,12,15H,8-9H2. The summed E-state index contributed by atoms with van der Waals surface area (Å²) in [5.41, 5.74) is 0.792. The number of anilines is 1. The number of carbonyl (C=O) groups is 1. The highest BCUT2D eigenvalue weighted by atomic mass is 32.2. The first-order valence-corrected chi connectivity index (χ1v) is 8.86. The van der Waals surface area contributed by atoms with Gasteiger partial charge in [-0.1, -0.05) is 24.3 Å². The monoisotopic (exact) mass is 322 g/mol. The third-order valence-corrected chi connectivity index (χ3v) is 6.20. The summed E-state index contributed by atoms with van der Waals surface area (Å²) >= 11 is 1.14. The number of benzene rings is 1. The Balaban J connectivity index is 1.76. The third-order valence-electron chi connectivity index (χ3n) is 3.33. The zero-order chi connectivity index (χ0) is 14.9. The predicted molar refractivity (Wildman–Crippen MR) is 81.8 cm³/mol. The first kappa shape index (κ1) is 14.2. The molecule has 1 aromatic carbocycles. The number of para-hydroxylation sites is 1. The molecule has 1 saturated heterocycles. The van der Waals surface area contributed by atoms with Gasteiger partial charge in [-0.05, 0) is 30.0 Å². The van der Waals surface area contributed by atoms with Gasteiger partial charge in [0.1, 0.15) is 10.3 Å². The second-order valence-electron chi connectivity index (χ2n) is 4.72. The van der Waals surface area contributed by atoms with Gasteiger partial charge in [0, 0.05) is 12.2 Å². The van der Waals surface area contributed by atoms with Crippen molar-refractivity contribution in [1.29, 1.82) is 0 Å². The van der Waals surface area contributed by atoms with E-state index in [2.05, 4.69) is 4.72 Å². The summed E-state index contributed by atoms with van der Waals surface area (Å²) in [6, 6.07) is 11.8. The van der Waals surface area contributed by atoms with E-state index >= 15 is 0 Å². The van der Waals surface area contributed by atoms with E-state index in [0.29, 0.717) is 13.0 Å². The van der Waals surface area contributed by atoms with Gasteiger partial charge in [0.2, 0.25) is 5.91 Å². The van der Waals surface area contributed by atoms with Crippen LogP contribution in [0, 0.1) is 0 Å². The Morgan fingerprint density at radius 2 is 1.90 bits per heavy atom. The van der Waals surface area contributed by atoms with Crippen LogP contribution >= 0.6 is 11.3 Å². The highest BCUT2D eigenvalue weighted by molar-refractivity contribution is 7.91. The fraction of sp³-hybridized carbons (Fsp3) is 0.214. The summed E-state index contributed by atoms with van der Waals surface area (Å²) in [6.07, 6.45) is 0.471. The Morgan fingerprint density at radius 3 is 2.57 bits per heavy atom. The lowest BCUT2D eigenvalue weighted by Crippen LogP contribution is -2.41. The van der Waals surface area contributed by atoms with Crippen LogP contribution in [0.4, 0.5) is 5.69 Å². The molecule has 5 nitrogen and oxygen atoms in total. The molecule has 1 aliphatic heterocycles. The largest absolute Gasteiger partial charge is 0.311 e. The summed E-state index contributed by atoms with van der Waals surface area (Å²) in [5, 5.41) is 1.70. The quantitative estimate of drug-likeness (QED) is 0.934. The SMILES string of the molecule is O=C1C(NS(=O)(=O)c2cccs2)CCN1c1ccccc1. The number of carbonyl (C=O) groups excluding carboxylic acids is 1. The zero-order valence-electron chi connectivity index (χ0n) is 11.1. The van der Waals surface area contributed by atoms with Crippen molar-refractivity contribution in [2.24, 2.45) is 0 Å². The van der Waals surface area contributed by atoms with E-state index in [1.807, 2.05) is 30.3 Å². The van der Waals surface area contributed by atoms with E-state index in [4.69, 9.17) is 0 Å². The van der Waals surface area contributed by atoms with Crippen LogP contribution in [-0.4, -0.2) is 26.9 Å². The summed E-state index contributed by atoms with van der Waals surface area (Å²) in [4.78, 5) is 14.0. The van der Waals surface area contributed by atoms with Gasteiger partial charge in [0.15, 0.2) is 0 Å². The molecule has 1 atom stereocenters. The van der Waals surface area contributed by atoms with Crippen LogP contribution in [0.1, 0.15) is 6.42 Å². The molecule has 1 amide bonds. The molecule has 1 unspecified atom stereocenters. The van der Waals surface area contributed by atoms with Crippen molar-refractivity contribution in [3.8, 4) is 0 Å². The summed E-state index contributed by atoms with van der Waals surface area (Å²) in [5.74, 6) is -0.207. The molecular weight excluding hydrogens is 308 g/mol. The first-order chi connectivity index (χ1) is 10.1. The van der Waals surface area contributed by atoms with Gasteiger partial charge >= 0.3 is 0 Å². The van der Waals surface area contributed by atoms with E-state index < -0.39 is 16.1 Å². The molecule has 0 radical (unpaired) electrons. The summed E-state index contributed by atoms with van der Waals surface area (Å²) < 4.78 is 27.1. The molecule has 1 aromatic heterocycles. The number of thiophene rings is 1. The lowest BCUT2D eigenvalue weighted by molar-refractivity contribution is -0.118. The van der Waals surface area contributed by atoms with Gasteiger partial charge in [-0.25, -0.2) is 8.42 Å². The van der Waals surface area contributed by atoms with Crippen LogP contribution in [0.15, 0.2) is 52.1 Å². The van der Waals surface area contributed by atoms with Crippen LogP contribution < -0.4 is 9.62 Å². The molecular formula is C14H14N2O3S2. The van der Waals surface area contributed by atoms with Crippen molar-refractivity contribution in [2.45, 2.75) is 16.7 Å². The van der Waals surface area contributed by atoms with Crippen LogP contribution in [0.3, 0.4) is 0 Å². The van der Waals surface area contributed by atoms with Crippen molar-refractivity contribution in [3.63, 3.8) is 0 Å². The van der Waals surface area contributed by atoms with Crippen molar-refractivity contribution < 1.29 is 13.2 Å². The van der Waals surface area contributed by atoms with Gasteiger partial charge < -0.3 is 4.90 Å². The number of nitrogens with one attached hydrogen (secondary N) is 1. The second-order valence-corrected chi connectivity index (χ2v) is 7.61. The number of rotatable bonds is 4. The topological polar surface area (TPSA) is 66.5 Å². The van der Waals surface area contributed by atoms with Crippen molar-refractivity contribution in [1.82, 2.24) is 4.72 Å².